The van der Waals surface area contributed by atoms with Gasteiger partial charge in [0.2, 0.25) is 11.8 Å². The average molecular weight is 413 g/mol. The number of benzene rings is 2. The Morgan fingerprint density at radius 1 is 1.07 bits per heavy atom. The normalized spacial score (nSPS) is 16.0. The van der Waals surface area contributed by atoms with E-state index in [1.54, 1.807) is 0 Å². The summed E-state index contributed by atoms with van der Waals surface area (Å²) in [7, 11) is 0. The fraction of sp³-hybridized carbons (Fsp3) is 0.364. The summed E-state index contributed by atoms with van der Waals surface area (Å²) < 4.78 is 11.7. The zero-order valence-corrected chi connectivity index (χ0v) is 17.5. The fourth-order valence-corrected chi connectivity index (χ4v) is 3.83. The van der Waals surface area contributed by atoms with Crippen LogP contribution >= 0.6 is 11.6 Å². The molecule has 1 aromatic heterocycles. The Labute approximate surface area is 176 Å². The van der Waals surface area contributed by atoms with Gasteiger partial charge < -0.3 is 14.1 Å². The predicted molar refractivity (Wildman–Crippen MR) is 115 cm³/mol. The largest absolute Gasteiger partial charge is 0.492 e. The number of para-hydroxylation sites is 2. The van der Waals surface area contributed by atoms with Gasteiger partial charge in [0.25, 0.3) is 0 Å². The number of hydrogen-bond donors (Lipinski definition) is 0. The topological polar surface area (TPSA) is 54.6 Å². The predicted octanol–water partition coefficient (Wildman–Crippen LogP) is 4.67. The first-order chi connectivity index (χ1) is 14.2. The highest BCUT2D eigenvalue weighted by Crippen LogP contribution is 2.31. The molecule has 7 heteroatoms. The highest BCUT2D eigenvalue weighted by atomic mass is 35.5. The van der Waals surface area contributed by atoms with E-state index in [0.29, 0.717) is 23.4 Å². The number of anilines is 1. The highest BCUT2D eigenvalue weighted by Gasteiger charge is 2.27. The van der Waals surface area contributed by atoms with Crippen LogP contribution in [0.3, 0.4) is 0 Å². The number of piperazine rings is 1. The van der Waals surface area contributed by atoms with E-state index in [4.69, 9.17) is 20.8 Å². The summed E-state index contributed by atoms with van der Waals surface area (Å²) in [5.74, 6) is 2.07. The molecule has 1 fully saturated rings. The van der Waals surface area contributed by atoms with Gasteiger partial charge in [-0.05, 0) is 44.2 Å². The molecule has 0 N–H and O–H groups in total. The van der Waals surface area contributed by atoms with Gasteiger partial charge in [0.05, 0.1) is 18.3 Å². The summed E-state index contributed by atoms with van der Waals surface area (Å²) in [5, 5.41) is 9.14. The van der Waals surface area contributed by atoms with E-state index in [1.807, 2.05) is 43.3 Å². The molecular formula is C22H25ClN4O2. The molecule has 0 saturated carbocycles. The van der Waals surface area contributed by atoms with Crippen LogP contribution in [-0.4, -0.2) is 47.9 Å². The summed E-state index contributed by atoms with van der Waals surface area (Å²) in [4.78, 5) is 4.74. The molecule has 0 amide bonds. The summed E-state index contributed by atoms with van der Waals surface area (Å²) in [6.07, 6.45) is 0. The standard InChI is InChI=1S/C22H25ClN4O2/c1-3-28-20-10-5-4-9-19(20)27-13-11-26(12-14-27)16(2)21-24-25-22(29-21)17-7-6-8-18(23)15-17/h4-10,15-16H,3,11-14H2,1-2H3/t16-/m1/s1. The number of rotatable bonds is 6. The first-order valence-corrected chi connectivity index (χ1v) is 10.3. The van der Waals surface area contributed by atoms with Crippen LogP contribution in [0, 0.1) is 0 Å². The van der Waals surface area contributed by atoms with E-state index in [9.17, 15) is 0 Å². The van der Waals surface area contributed by atoms with Crippen LogP contribution in [-0.2, 0) is 0 Å². The third-order valence-corrected chi connectivity index (χ3v) is 5.47. The minimum absolute atomic E-state index is 0.0553. The van der Waals surface area contributed by atoms with Crippen molar-refractivity contribution in [3.05, 3.63) is 59.4 Å². The van der Waals surface area contributed by atoms with Gasteiger partial charge in [-0.3, -0.25) is 4.90 Å². The zero-order chi connectivity index (χ0) is 20.2. The molecule has 0 spiro atoms. The van der Waals surface area contributed by atoms with Gasteiger partial charge in [-0.2, -0.15) is 0 Å². The molecule has 1 aliphatic rings. The van der Waals surface area contributed by atoms with Crippen molar-refractivity contribution in [3.63, 3.8) is 0 Å². The Hall–Kier alpha value is -2.57. The van der Waals surface area contributed by atoms with Crippen molar-refractivity contribution in [2.24, 2.45) is 0 Å². The third kappa shape index (κ3) is 4.38. The van der Waals surface area contributed by atoms with Crippen LogP contribution in [0.25, 0.3) is 11.5 Å². The number of nitrogens with zero attached hydrogens (tertiary/aromatic N) is 4. The van der Waals surface area contributed by atoms with E-state index < -0.39 is 0 Å². The lowest BCUT2D eigenvalue weighted by molar-refractivity contribution is 0.173. The van der Waals surface area contributed by atoms with Crippen LogP contribution in [0.1, 0.15) is 25.8 Å². The Bertz CT molecular complexity index is 953. The van der Waals surface area contributed by atoms with Crippen LogP contribution in [0.2, 0.25) is 5.02 Å². The molecule has 3 aromatic rings. The molecular weight excluding hydrogens is 388 g/mol. The summed E-state index contributed by atoms with van der Waals surface area (Å²) in [6.45, 7) is 8.46. The number of ether oxygens (including phenoxy) is 1. The van der Waals surface area contributed by atoms with Crippen LogP contribution < -0.4 is 9.64 Å². The van der Waals surface area contributed by atoms with Crippen molar-refractivity contribution in [3.8, 4) is 17.2 Å². The second kappa shape index (κ2) is 8.84. The number of hydrogen-bond acceptors (Lipinski definition) is 6. The first kappa shape index (κ1) is 19.7. The zero-order valence-electron chi connectivity index (χ0n) is 16.7. The van der Waals surface area contributed by atoms with Crippen molar-refractivity contribution in [1.29, 1.82) is 0 Å². The fourth-order valence-electron chi connectivity index (χ4n) is 3.64. The lowest BCUT2D eigenvalue weighted by Gasteiger charge is -2.38. The van der Waals surface area contributed by atoms with Gasteiger partial charge in [0.1, 0.15) is 5.75 Å². The molecule has 1 saturated heterocycles. The second-order valence-corrected chi connectivity index (χ2v) is 7.49. The van der Waals surface area contributed by atoms with Crippen LogP contribution in [0.15, 0.2) is 52.9 Å². The van der Waals surface area contributed by atoms with Crippen molar-refractivity contribution < 1.29 is 9.15 Å². The Kier molecular flexibility index (Phi) is 6.02. The number of halogens is 1. The molecule has 1 atom stereocenters. The van der Waals surface area contributed by atoms with Gasteiger partial charge >= 0.3 is 0 Å². The van der Waals surface area contributed by atoms with Crippen molar-refractivity contribution >= 4 is 17.3 Å². The maximum Gasteiger partial charge on any atom is 0.247 e. The molecule has 2 aromatic carbocycles. The molecule has 0 aliphatic carbocycles. The van der Waals surface area contributed by atoms with Gasteiger partial charge in [-0.15, -0.1) is 10.2 Å². The van der Waals surface area contributed by atoms with E-state index in [-0.39, 0.29) is 6.04 Å². The van der Waals surface area contributed by atoms with Gasteiger partial charge in [-0.25, -0.2) is 0 Å². The third-order valence-electron chi connectivity index (χ3n) is 5.24. The van der Waals surface area contributed by atoms with Crippen LogP contribution in [0.5, 0.6) is 5.75 Å². The lowest BCUT2D eigenvalue weighted by Crippen LogP contribution is -2.47. The molecule has 2 heterocycles. The molecule has 4 rings (SSSR count). The molecule has 0 bridgehead atoms. The van der Waals surface area contributed by atoms with Gasteiger partial charge in [-0.1, -0.05) is 29.8 Å². The Morgan fingerprint density at radius 2 is 1.86 bits per heavy atom. The van der Waals surface area contributed by atoms with E-state index in [1.165, 1.54) is 0 Å². The Morgan fingerprint density at radius 3 is 2.62 bits per heavy atom. The first-order valence-electron chi connectivity index (χ1n) is 9.96. The smallest absolute Gasteiger partial charge is 0.247 e. The molecule has 1 aliphatic heterocycles. The lowest BCUT2D eigenvalue weighted by atomic mass is 10.2. The molecule has 29 heavy (non-hydrogen) atoms. The minimum atomic E-state index is 0.0553. The van der Waals surface area contributed by atoms with Crippen molar-refractivity contribution in [1.82, 2.24) is 15.1 Å². The van der Waals surface area contributed by atoms with Crippen LogP contribution in [0.4, 0.5) is 5.69 Å². The SMILES string of the molecule is CCOc1ccccc1N1CCN([C@H](C)c2nnc(-c3cccc(Cl)c3)o2)CC1. The maximum absolute atomic E-state index is 6.07. The average Bonchev–Trinajstić information content (AvgIpc) is 3.24. The molecule has 152 valence electrons. The number of aromatic nitrogens is 2. The molecule has 6 nitrogen and oxygen atoms in total. The monoisotopic (exact) mass is 412 g/mol. The second-order valence-electron chi connectivity index (χ2n) is 7.06. The summed E-state index contributed by atoms with van der Waals surface area (Å²) in [5.41, 5.74) is 1.99. The molecule has 0 unspecified atom stereocenters. The maximum atomic E-state index is 6.07. The Balaban J connectivity index is 1.42. The van der Waals surface area contributed by atoms with E-state index >= 15 is 0 Å². The van der Waals surface area contributed by atoms with Crippen molar-refractivity contribution in [2.45, 2.75) is 19.9 Å². The minimum Gasteiger partial charge on any atom is -0.492 e. The highest BCUT2D eigenvalue weighted by molar-refractivity contribution is 6.30. The quantitative estimate of drug-likeness (QED) is 0.586. The van der Waals surface area contributed by atoms with Gasteiger partial charge in [0.15, 0.2) is 0 Å². The summed E-state index contributed by atoms with van der Waals surface area (Å²) >= 11 is 6.07. The van der Waals surface area contributed by atoms with Crippen molar-refractivity contribution in [2.75, 3.05) is 37.7 Å². The van der Waals surface area contributed by atoms with E-state index in [0.717, 1.165) is 43.2 Å². The molecule has 0 radical (unpaired) electrons. The van der Waals surface area contributed by atoms with E-state index in [2.05, 4.69) is 39.1 Å². The summed E-state index contributed by atoms with van der Waals surface area (Å²) in [6, 6.07) is 15.7. The van der Waals surface area contributed by atoms with Gasteiger partial charge in [0, 0.05) is 36.8 Å².